The third-order valence-electron chi connectivity index (χ3n) is 3.32. The average Bonchev–Trinajstić information content (AvgIpc) is 2.49. The fourth-order valence-electron chi connectivity index (χ4n) is 2.24. The molecule has 2 rings (SSSR count). The monoisotopic (exact) mass is 319 g/mol. The highest BCUT2D eigenvalue weighted by Crippen LogP contribution is 2.30. The Kier molecular flexibility index (Phi) is 4.93. The van der Waals surface area contributed by atoms with Gasteiger partial charge in [0.2, 0.25) is 0 Å². The average molecular weight is 320 g/mol. The van der Waals surface area contributed by atoms with Crippen LogP contribution in [0.5, 0.6) is 11.5 Å². The van der Waals surface area contributed by atoms with Gasteiger partial charge in [0.1, 0.15) is 11.5 Å². The van der Waals surface area contributed by atoms with E-state index in [4.69, 9.17) is 21.1 Å². The summed E-state index contributed by atoms with van der Waals surface area (Å²) in [6.07, 6.45) is 0. The van der Waals surface area contributed by atoms with Crippen molar-refractivity contribution in [1.82, 2.24) is 0 Å². The van der Waals surface area contributed by atoms with Gasteiger partial charge < -0.3 is 14.8 Å². The lowest BCUT2D eigenvalue weighted by molar-refractivity contribution is 0.102. The fourth-order valence-corrected chi connectivity index (χ4v) is 2.61. The van der Waals surface area contributed by atoms with Gasteiger partial charge in [-0.25, -0.2) is 0 Å². The topological polar surface area (TPSA) is 47.6 Å². The largest absolute Gasteiger partial charge is 0.497 e. The lowest BCUT2D eigenvalue weighted by Crippen LogP contribution is -2.14. The van der Waals surface area contributed by atoms with Crippen molar-refractivity contribution in [3.05, 3.63) is 52.0 Å². The summed E-state index contributed by atoms with van der Waals surface area (Å²) in [5.41, 5.74) is 2.97. The molecule has 1 amide bonds. The van der Waals surface area contributed by atoms with Gasteiger partial charge >= 0.3 is 0 Å². The van der Waals surface area contributed by atoms with Gasteiger partial charge in [-0.15, -0.1) is 0 Å². The zero-order valence-corrected chi connectivity index (χ0v) is 13.7. The number of aryl methyl sites for hydroxylation is 2. The number of nitrogens with one attached hydrogen (secondary N) is 1. The second-order valence-electron chi connectivity index (χ2n) is 4.96. The number of carbonyl (C=O) groups excluding carboxylic acids is 1. The molecule has 1 N–H and O–H groups in total. The van der Waals surface area contributed by atoms with Crippen LogP contribution in [0.2, 0.25) is 5.02 Å². The van der Waals surface area contributed by atoms with E-state index in [-0.39, 0.29) is 5.91 Å². The number of halogens is 1. The molecule has 2 aromatic carbocycles. The van der Waals surface area contributed by atoms with Crippen LogP contribution in [-0.4, -0.2) is 20.1 Å². The van der Waals surface area contributed by atoms with Crippen molar-refractivity contribution in [2.75, 3.05) is 19.5 Å². The van der Waals surface area contributed by atoms with Crippen LogP contribution in [-0.2, 0) is 0 Å². The molecule has 0 radical (unpaired) electrons. The molecule has 0 aliphatic rings. The van der Waals surface area contributed by atoms with E-state index in [9.17, 15) is 4.79 Å². The van der Waals surface area contributed by atoms with E-state index < -0.39 is 0 Å². The summed E-state index contributed by atoms with van der Waals surface area (Å²) in [6.45, 7) is 3.86. The number of methoxy groups -OCH3 is 2. The Morgan fingerprint density at radius 1 is 1.09 bits per heavy atom. The summed E-state index contributed by atoms with van der Waals surface area (Å²) in [5, 5.41) is 3.35. The first-order valence-corrected chi connectivity index (χ1v) is 7.14. The highest BCUT2D eigenvalue weighted by Gasteiger charge is 2.16. The molecule has 0 heterocycles. The Hall–Kier alpha value is -2.20. The predicted molar refractivity (Wildman–Crippen MR) is 88.4 cm³/mol. The molecule has 0 saturated heterocycles. The fraction of sp³-hybridized carbons (Fsp3) is 0.235. The van der Waals surface area contributed by atoms with Gasteiger partial charge in [0.15, 0.2) is 0 Å². The summed E-state index contributed by atoms with van der Waals surface area (Å²) >= 11 is 6.22. The molecule has 0 unspecified atom stereocenters. The van der Waals surface area contributed by atoms with Gasteiger partial charge in [-0.1, -0.05) is 17.7 Å². The van der Waals surface area contributed by atoms with Crippen LogP contribution in [0.1, 0.15) is 21.5 Å². The quantitative estimate of drug-likeness (QED) is 0.917. The first kappa shape index (κ1) is 16.2. The van der Waals surface area contributed by atoms with Crippen LogP contribution in [0.3, 0.4) is 0 Å². The smallest absolute Gasteiger partial charge is 0.259 e. The van der Waals surface area contributed by atoms with Gasteiger partial charge in [0.25, 0.3) is 5.91 Å². The summed E-state index contributed by atoms with van der Waals surface area (Å²) < 4.78 is 10.4. The third kappa shape index (κ3) is 3.34. The molecule has 2 aromatic rings. The standard InChI is InChI=1S/C17H18ClNO3/c1-10-7-11(2)16(14(18)8-10)19-17(20)13-6-5-12(21-3)9-15(13)22-4/h5-9H,1-4H3,(H,19,20). The van der Waals surface area contributed by atoms with Gasteiger partial charge in [-0.05, 0) is 43.2 Å². The minimum Gasteiger partial charge on any atom is -0.497 e. The molecular weight excluding hydrogens is 302 g/mol. The molecule has 0 fully saturated rings. The minimum atomic E-state index is -0.284. The van der Waals surface area contributed by atoms with Gasteiger partial charge in [-0.2, -0.15) is 0 Å². The summed E-state index contributed by atoms with van der Waals surface area (Å²) in [4.78, 5) is 12.5. The Labute approximate surface area is 135 Å². The normalized spacial score (nSPS) is 10.2. The molecule has 0 atom stereocenters. The van der Waals surface area contributed by atoms with E-state index in [1.54, 1.807) is 25.3 Å². The minimum absolute atomic E-state index is 0.284. The van der Waals surface area contributed by atoms with Crippen LogP contribution in [0, 0.1) is 13.8 Å². The number of rotatable bonds is 4. The summed E-state index contributed by atoms with van der Waals surface area (Å²) in [6, 6.07) is 8.81. The number of anilines is 1. The van der Waals surface area contributed by atoms with Crippen LogP contribution < -0.4 is 14.8 Å². The van der Waals surface area contributed by atoms with Gasteiger partial charge in [-0.3, -0.25) is 4.79 Å². The van der Waals surface area contributed by atoms with E-state index in [2.05, 4.69) is 5.32 Å². The van der Waals surface area contributed by atoms with Crippen molar-refractivity contribution in [3.8, 4) is 11.5 Å². The van der Waals surface area contributed by atoms with Crippen molar-refractivity contribution in [2.24, 2.45) is 0 Å². The van der Waals surface area contributed by atoms with Crippen LogP contribution in [0.15, 0.2) is 30.3 Å². The molecule has 0 aliphatic carbocycles. The van der Waals surface area contributed by atoms with E-state index in [1.807, 2.05) is 26.0 Å². The zero-order chi connectivity index (χ0) is 16.3. The summed E-state index contributed by atoms with van der Waals surface area (Å²) in [5.74, 6) is 0.782. The Morgan fingerprint density at radius 2 is 1.82 bits per heavy atom. The SMILES string of the molecule is COc1ccc(C(=O)Nc2c(C)cc(C)cc2Cl)c(OC)c1. The van der Waals surface area contributed by atoms with E-state index in [1.165, 1.54) is 7.11 Å². The van der Waals surface area contributed by atoms with Crippen molar-refractivity contribution >= 4 is 23.2 Å². The van der Waals surface area contributed by atoms with Gasteiger partial charge in [0.05, 0.1) is 30.5 Å². The molecule has 22 heavy (non-hydrogen) atoms. The Bertz CT molecular complexity index is 690. The predicted octanol–water partition coefficient (Wildman–Crippen LogP) is 4.23. The maximum absolute atomic E-state index is 12.5. The highest BCUT2D eigenvalue weighted by atomic mass is 35.5. The number of carbonyl (C=O) groups is 1. The zero-order valence-electron chi connectivity index (χ0n) is 13.0. The molecule has 116 valence electrons. The van der Waals surface area contributed by atoms with E-state index >= 15 is 0 Å². The van der Waals surface area contributed by atoms with Gasteiger partial charge in [0, 0.05) is 6.07 Å². The van der Waals surface area contributed by atoms with Crippen LogP contribution in [0.4, 0.5) is 5.69 Å². The number of ether oxygens (including phenoxy) is 2. The van der Waals surface area contributed by atoms with Crippen molar-refractivity contribution in [2.45, 2.75) is 13.8 Å². The maximum atomic E-state index is 12.5. The van der Waals surface area contributed by atoms with E-state index in [0.29, 0.717) is 27.8 Å². The highest BCUT2D eigenvalue weighted by molar-refractivity contribution is 6.34. The van der Waals surface area contributed by atoms with Crippen molar-refractivity contribution in [3.63, 3.8) is 0 Å². The Morgan fingerprint density at radius 3 is 2.41 bits per heavy atom. The molecule has 0 bridgehead atoms. The second-order valence-corrected chi connectivity index (χ2v) is 5.37. The molecule has 0 saturated carbocycles. The molecule has 0 aromatic heterocycles. The maximum Gasteiger partial charge on any atom is 0.259 e. The Balaban J connectivity index is 2.34. The second kappa shape index (κ2) is 6.71. The molecule has 0 aliphatic heterocycles. The summed E-state index contributed by atoms with van der Waals surface area (Å²) in [7, 11) is 3.07. The van der Waals surface area contributed by atoms with Crippen molar-refractivity contribution in [1.29, 1.82) is 0 Å². The number of hydrogen-bond acceptors (Lipinski definition) is 3. The lowest BCUT2D eigenvalue weighted by atomic mass is 10.1. The van der Waals surface area contributed by atoms with Crippen LogP contribution >= 0.6 is 11.6 Å². The van der Waals surface area contributed by atoms with E-state index in [0.717, 1.165) is 11.1 Å². The lowest BCUT2D eigenvalue weighted by Gasteiger charge is -2.14. The molecule has 4 nitrogen and oxygen atoms in total. The molecular formula is C17H18ClNO3. The first-order valence-electron chi connectivity index (χ1n) is 6.76. The molecule has 0 spiro atoms. The first-order chi connectivity index (χ1) is 10.5. The number of benzene rings is 2. The number of amides is 1. The number of hydrogen-bond donors (Lipinski definition) is 1. The van der Waals surface area contributed by atoms with Crippen molar-refractivity contribution < 1.29 is 14.3 Å². The molecule has 5 heteroatoms. The van der Waals surface area contributed by atoms with Crippen LogP contribution in [0.25, 0.3) is 0 Å². The third-order valence-corrected chi connectivity index (χ3v) is 3.62.